The van der Waals surface area contributed by atoms with Gasteiger partial charge in [-0.15, -0.1) is 0 Å². The fourth-order valence-corrected chi connectivity index (χ4v) is 3.94. The van der Waals surface area contributed by atoms with E-state index < -0.39 is 0 Å². The molecule has 1 heterocycles. The van der Waals surface area contributed by atoms with Crippen molar-refractivity contribution in [3.63, 3.8) is 0 Å². The van der Waals surface area contributed by atoms with E-state index >= 15 is 0 Å². The number of imidazole rings is 1. The number of hydrogen-bond donors (Lipinski definition) is 1. The minimum Gasteiger partial charge on any atom is -0.345 e. The number of nitrogens with zero attached hydrogens (tertiary/aromatic N) is 3. The van der Waals surface area contributed by atoms with Crippen LogP contribution in [-0.4, -0.2) is 38.3 Å². The second kappa shape index (κ2) is 10.4. The average molecular weight is 435 g/mol. The lowest BCUT2D eigenvalue weighted by Crippen LogP contribution is -2.46. The summed E-state index contributed by atoms with van der Waals surface area (Å²) in [7, 11) is 0. The first-order valence-corrected chi connectivity index (χ1v) is 11.5. The van der Waals surface area contributed by atoms with Crippen LogP contribution in [0, 0.1) is 6.92 Å². The number of benzene rings is 2. The van der Waals surface area contributed by atoms with Crippen molar-refractivity contribution in [2.24, 2.45) is 0 Å². The maximum absolute atomic E-state index is 13.4. The summed E-state index contributed by atoms with van der Waals surface area (Å²) >= 11 is 0. The van der Waals surface area contributed by atoms with Crippen LogP contribution in [0.5, 0.6) is 0 Å². The van der Waals surface area contributed by atoms with Crippen LogP contribution in [0.15, 0.2) is 48.5 Å². The lowest BCUT2D eigenvalue weighted by atomic mass is 10.1. The molecule has 2 amide bonds. The maximum Gasteiger partial charge on any atom is 0.251 e. The van der Waals surface area contributed by atoms with Gasteiger partial charge in [-0.2, -0.15) is 0 Å². The van der Waals surface area contributed by atoms with Crippen LogP contribution in [0.1, 0.15) is 62.3 Å². The maximum atomic E-state index is 13.4. The van der Waals surface area contributed by atoms with Crippen molar-refractivity contribution >= 4 is 22.8 Å². The summed E-state index contributed by atoms with van der Waals surface area (Å²) in [6.07, 6.45) is 1.81. The largest absolute Gasteiger partial charge is 0.345 e. The molecule has 0 saturated carbocycles. The van der Waals surface area contributed by atoms with E-state index in [0.717, 1.165) is 29.4 Å². The highest BCUT2D eigenvalue weighted by molar-refractivity contribution is 5.94. The molecule has 1 aromatic heterocycles. The number of nitrogens with one attached hydrogen (secondary N) is 1. The highest BCUT2D eigenvalue weighted by atomic mass is 16.2. The highest BCUT2D eigenvalue weighted by Crippen LogP contribution is 2.19. The van der Waals surface area contributed by atoms with E-state index in [1.807, 2.05) is 64.9 Å². The number of rotatable bonds is 9. The summed E-state index contributed by atoms with van der Waals surface area (Å²) in [5.41, 5.74) is 3.43. The van der Waals surface area contributed by atoms with Gasteiger partial charge >= 0.3 is 0 Å². The van der Waals surface area contributed by atoms with Gasteiger partial charge in [0.15, 0.2) is 0 Å². The molecule has 2 atom stereocenters. The number of carbonyl (C=O) groups is 2. The molecule has 3 rings (SSSR count). The molecule has 2 aromatic carbocycles. The molecule has 2 unspecified atom stereocenters. The third-order valence-corrected chi connectivity index (χ3v) is 6.17. The Bertz CT molecular complexity index is 1060. The van der Waals surface area contributed by atoms with Crippen molar-refractivity contribution in [1.29, 1.82) is 0 Å². The molecule has 32 heavy (non-hydrogen) atoms. The summed E-state index contributed by atoms with van der Waals surface area (Å²) in [6, 6.07) is 15.6. The smallest absolute Gasteiger partial charge is 0.251 e. The molecule has 0 spiro atoms. The molecule has 6 heteroatoms. The van der Waals surface area contributed by atoms with Gasteiger partial charge in [0.25, 0.3) is 5.91 Å². The van der Waals surface area contributed by atoms with Crippen molar-refractivity contribution in [2.75, 3.05) is 0 Å². The van der Waals surface area contributed by atoms with E-state index in [4.69, 9.17) is 4.98 Å². The molecule has 0 saturated heterocycles. The van der Waals surface area contributed by atoms with Crippen molar-refractivity contribution < 1.29 is 9.59 Å². The third-order valence-electron chi connectivity index (χ3n) is 6.17. The minimum absolute atomic E-state index is 0.0722. The van der Waals surface area contributed by atoms with E-state index in [9.17, 15) is 9.59 Å². The van der Waals surface area contributed by atoms with Crippen LogP contribution >= 0.6 is 0 Å². The Morgan fingerprint density at radius 3 is 2.25 bits per heavy atom. The molecule has 1 N–H and O–H groups in total. The van der Waals surface area contributed by atoms with Crippen LogP contribution in [0.4, 0.5) is 0 Å². The molecule has 0 aliphatic rings. The van der Waals surface area contributed by atoms with E-state index in [0.29, 0.717) is 11.4 Å². The first-order valence-electron chi connectivity index (χ1n) is 11.5. The minimum atomic E-state index is -0.157. The predicted molar refractivity (Wildman–Crippen MR) is 128 cm³/mol. The zero-order valence-electron chi connectivity index (χ0n) is 19.8. The molecule has 6 nitrogen and oxygen atoms in total. The van der Waals surface area contributed by atoms with E-state index in [1.54, 1.807) is 0 Å². The van der Waals surface area contributed by atoms with Gasteiger partial charge in [0.1, 0.15) is 12.4 Å². The zero-order chi connectivity index (χ0) is 23.3. The molecule has 0 aliphatic heterocycles. The number of carbonyl (C=O) groups excluding carboxylic acids is 2. The lowest BCUT2D eigenvalue weighted by molar-refractivity contribution is -0.136. The summed E-state index contributed by atoms with van der Waals surface area (Å²) in [5.74, 6) is 0.590. The van der Waals surface area contributed by atoms with Gasteiger partial charge in [0.2, 0.25) is 5.91 Å². The van der Waals surface area contributed by atoms with E-state index in [-0.39, 0.29) is 37.0 Å². The van der Waals surface area contributed by atoms with E-state index in [1.165, 1.54) is 0 Å². The standard InChI is InChI=1S/C26H34N4O2/c1-6-19(4)30(20(5)7-2)25(31)17-29-23-11-9-8-10-22(23)28-24(29)16-27-26(32)21-14-12-18(3)13-15-21/h8-15,19-20H,6-7,16-17H2,1-5H3,(H,27,32). The second-order valence-corrected chi connectivity index (χ2v) is 8.47. The first-order chi connectivity index (χ1) is 15.3. The zero-order valence-corrected chi connectivity index (χ0v) is 19.8. The van der Waals surface area contributed by atoms with Gasteiger partial charge in [0, 0.05) is 17.6 Å². The molecular formula is C26H34N4O2. The highest BCUT2D eigenvalue weighted by Gasteiger charge is 2.25. The summed E-state index contributed by atoms with van der Waals surface area (Å²) in [4.78, 5) is 32.7. The van der Waals surface area contributed by atoms with Crippen LogP contribution in [0.2, 0.25) is 0 Å². The van der Waals surface area contributed by atoms with E-state index in [2.05, 4.69) is 33.0 Å². The predicted octanol–water partition coefficient (Wildman–Crippen LogP) is 4.70. The first kappa shape index (κ1) is 23.5. The quantitative estimate of drug-likeness (QED) is 0.531. The van der Waals surface area contributed by atoms with Crippen LogP contribution < -0.4 is 5.32 Å². The van der Waals surface area contributed by atoms with Crippen LogP contribution in [0.3, 0.4) is 0 Å². The molecule has 3 aromatic rings. The Morgan fingerprint density at radius 2 is 1.62 bits per heavy atom. The van der Waals surface area contributed by atoms with Gasteiger partial charge in [-0.05, 0) is 57.9 Å². The normalized spacial score (nSPS) is 13.0. The van der Waals surface area contributed by atoms with Gasteiger partial charge in [-0.1, -0.05) is 43.7 Å². The number of aryl methyl sites for hydroxylation is 1. The second-order valence-electron chi connectivity index (χ2n) is 8.47. The van der Waals surface area contributed by atoms with Crippen molar-refractivity contribution in [1.82, 2.24) is 19.8 Å². The topological polar surface area (TPSA) is 67.2 Å². The Balaban J connectivity index is 1.86. The number of amides is 2. The van der Waals surface area contributed by atoms with Gasteiger partial charge in [0.05, 0.1) is 17.6 Å². The summed E-state index contributed by atoms with van der Waals surface area (Å²) < 4.78 is 1.94. The Morgan fingerprint density at radius 1 is 1.00 bits per heavy atom. The van der Waals surface area contributed by atoms with Gasteiger partial charge < -0.3 is 14.8 Å². The fraction of sp³-hybridized carbons (Fsp3) is 0.423. The molecular weight excluding hydrogens is 400 g/mol. The number of hydrogen-bond acceptors (Lipinski definition) is 3. The monoisotopic (exact) mass is 434 g/mol. The average Bonchev–Trinajstić information content (AvgIpc) is 3.15. The number of para-hydroxylation sites is 2. The fourth-order valence-electron chi connectivity index (χ4n) is 3.94. The van der Waals surface area contributed by atoms with Crippen molar-refractivity contribution in [2.45, 2.75) is 72.6 Å². The lowest BCUT2D eigenvalue weighted by Gasteiger charge is -2.34. The van der Waals surface area contributed by atoms with Gasteiger partial charge in [-0.3, -0.25) is 9.59 Å². The van der Waals surface area contributed by atoms with Crippen molar-refractivity contribution in [3.8, 4) is 0 Å². The Hall–Kier alpha value is -3.15. The third kappa shape index (κ3) is 5.18. The summed E-state index contributed by atoms with van der Waals surface area (Å²) in [5, 5.41) is 2.96. The van der Waals surface area contributed by atoms with Crippen molar-refractivity contribution in [3.05, 3.63) is 65.5 Å². The number of fused-ring (bicyclic) bond motifs is 1. The van der Waals surface area contributed by atoms with Crippen LogP contribution in [0.25, 0.3) is 11.0 Å². The summed E-state index contributed by atoms with van der Waals surface area (Å²) in [6.45, 7) is 10.8. The SMILES string of the molecule is CCC(C)N(C(=O)Cn1c(CNC(=O)c2ccc(C)cc2)nc2ccccc21)C(C)CC. The molecule has 0 aliphatic carbocycles. The molecule has 0 radical (unpaired) electrons. The molecule has 0 fully saturated rings. The molecule has 0 bridgehead atoms. The van der Waals surface area contributed by atoms with Crippen LogP contribution in [-0.2, 0) is 17.9 Å². The molecule has 170 valence electrons. The Kier molecular flexibility index (Phi) is 7.67. The number of aromatic nitrogens is 2. The van der Waals surface area contributed by atoms with Gasteiger partial charge in [-0.25, -0.2) is 4.98 Å². The Labute approximate surface area is 190 Å².